The molecule has 2 aliphatic heterocycles. The predicted octanol–water partition coefficient (Wildman–Crippen LogP) is 4.20. The van der Waals surface area contributed by atoms with Crippen LogP contribution in [0.5, 0.6) is 11.5 Å². The molecule has 0 unspecified atom stereocenters. The molecule has 2 atom stereocenters. The molecule has 0 saturated carbocycles. The Kier molecular flexibility index (Phi) is 5.74. The molecule has 34 heavy (non-hydrogen) atoms. The molecular formula is C28H28N2O4. The van der Waals surface area contributed by atoms with Crippen LogP contribution in [0.2, 0.25) is 0 Å². The van der Waals surface area contributed by atoms with Crippen LogP contribution in [0.25, 0.3) is 0 Å². The Hall–Kier alpha value is -3.80. The summed E-state index contributed by atoms with van der Waals surface area (Å²) < 4.78 is 11.0. The van der Waals surface area contributed by atoms with E-state index in [0.29, 0.717) is 35.7 Å². The number of nitrogens with zero attached hydrogens (tertiary/aromatic N) is 2. The largest absolute Gasteiger partial charge is 0.493 e. The summed E-state index contributed by atoms with van der Waals surface area (Å²) in [5.41, 5.74) is 4.46. The van der Waals surface area contributed by atoms with Crippen LogP contribution in [0.15, 0.2) is 66.7 Å². The van der Waals surface area contributed by atoms with Gasteiger partial charge in [0.05, 0.1) is 26.2 Å². The van der Waals surface area contributed by atoms with Crippen LogP contribution in [0.1, 0.15) is 44.6 Å². The Bertz CT molecular complexity index is 1240. The molecule has 0 radical (unpaired) electrons. The van der Waals surface area contributed by atoms with E-state index in [4.69, 9.17) is 9.47 Å². The van der Waals surface area contributed by atoms with Crippen molar-refractivity contribution in [2.24, 2.45) is 0 Å². The topological polar surface area (TPSA) is 59.1 Å². The van der Waals surface area contributed by atoms with Crippen LogP contribution in [0.3, 0.4) is 0 Å². The van der Waals surface area contributed by atoms with Crippen molar-refractivity contribution in [1.29, 1.82) is 0 Å². The number of hydrogen-bond acceptors (Lipinski definition) is 4. The van der Waals surface area contributed by atoms with E-state index >= 15 is 0 Å². The van der Waals surface area contributed by atoms with Gasteiger partial charge in [-0.3, -0.25) is 9.59 Å². The molecule has 0 fully saturated rings. The Morgan fingerprint density at radius 2 is 1.65 bits per heavy atom. The van der Waals surface area contributed by atoms with Crippen molar-refractivity contribution in [3.8, 4) is 11.5 Å². The molecule has 0 aliphatic carbocycles. The highest BCUT2D eigenvalue weighted by Crippen LogP contribution is 2.49. The first-order valence-electron chi connectivity index (χ1n) is 11.5. The molecule has 3 aromatic rings. The van der Waals surface area contributed by atoms with Gasteiger partial charge >= 0.3 is 0 Å². The quantitative estimate of drug-likeness (QED) is 0.578. The third-order valence-electron chi connectivity index (χ3n) is 6.93. The molecule has 2 aliphatic rings. The van der Waals surface area contributed by atoms with Gasteiger partial charge in [-0.15, -0.1) is 0 Å². The molecule has 2 heterocycles. The summed E-state index contributed by atoms with van der Waals surface area (Å²) in [6, 6.07) is 21.2. The van der Waals surface area contributed by atoms with Crippen molar-refractivity contribution in [2.75, 3.05) is 27.8 Å². The van der Waals surface area contributed by atoms with Gasteiger partial charge in [-0.2, -0.15) is 0 Å². The fourth-order valence-corrected chi connectivity index (χ4v) is 5.29. The van der Waals surface area contributed by atoms with Crippen molar-refractivity contribution in [2.45, 2.75) is 24.9 Å². The average Bonchev–Trinajstić information content (AvgIpc) is 2.88. The standard InChI is InChI=1S/C28H28N2O4/c1-29(17-18-9-5-4-6-10-18)28(32)25-21-15-23(33-2)24(34-3)16-22(21)27(31)30-14-13-19-11-7-8-12-20(19)26(25)30/h4-12,15-16,25-26H,13-14,17H2,1-3H3/t25-,26-/m0/s1. The molecular weight excluding hydrogens is 428 g/mol. The predicted molar refractivity (Wildman–Crippen MR) is 129 cm³/mol. The third kappa shape index (κ3) is 3.59. The lowest BCUT2D eigenvalue weighted by Gasteiger charge is -2.46. The van der Waals surface area contributed by atoms with Crippen LogP contribution < -0.4 is 9.47 Å². The zero-order chi connectivity index (χ0) is 23.8. The van der Waals surface area contributed by atoms with Gasteiger partial charge < -0.3 is 19.3 Å². The molecule has 0 saturated heterocycles. The van der Waals surface area contributed by atoms with Crippen molar-refractivity contribution < 1.29 is 19.1 Å². The summed E-state index contributed by atoms with van der Waals surface area (Å²) in [5, 5.41) is 0. The van der Waals surface area contributed by atoms with E-state index in [-0.39, 0.29) is 17.9 Å². The lowest BCUT2D eigenvalue weighted by atomic mass is 9.75. The van der Waals surface area contributed by atoms with Crippen molar-refractivity contribution in [1.82, 2.24) is 9.80 Å². The van der Waals surface area contributed by atoms with Crippen molar-refractivity contribution >= 4 is 11.8 Å². The number of methoxy groups -OCH3 is 2. The van der Waals surface area contributed by atoms with E-state index in [1.165, 1.54) is 5.56 Å². The minimum absolute atomic E-state index is 0.0310. The number of carbonyl (C=O) groups is 2. The lowest BCUT2D eigenvalue weighted by Crippen LogP contribution is -2.50. The maximum atomic E-state index is 14.1. The number of amides is 2. The van der Waals surface area contributed by atoms with Crippen LogP contribution in [-0.4, -0.2) is 49.4 Å². The second-order valence-electron chi connectivity index (χ2n) is 8.84. The normalized spacial score (nSPS) is 18.4. The zero-order valence-corrected chi connectivity index (χ0v) is 19.7. The molecule has 6 heteroatoms. The molecule has 2 amide bonds. The van der Waals surface area contributed by atoms with Gasteiger partial charge in [0, 0.05) is 25.7 Å². The number of rotatable bonds is 5. The van der Waals surface area contributed by atoms with E-state index in [1.807, 2.05) is 60.5 Å². The first-order valence-corrected chi connectivity index (χ1v) is 11.5. The first-order chi connectivity index (χ1) is 16.5. The summed E-state index contributed by atoms with van der Waals surface area (Å²) in [4.78, 5) is 31.4. The van der Waals surface area contributed by atoms with Crippen LogP contribution >= 0.6 is 0 Å². The molecule has 3 aromatic carbocycles. The molecule has 6 nitrogen and oxygen atoms in total. The first kappa shape index (κ1) is 22.0. The summed E-state index contributed by atoms with van der Waals surface area (Å²) in [5.74, 6) is 0.328. The van der Waals surface area contributed by atoms with Crippen LogP contribution in [0, 0.1) is 0 Å². The molecule has 5 rings (SSSR count). The summed E-state index contributed by atoms with van der Waals surface area (Å²) in [7, 11) is 4.94. The number of benzene rings is 3. The van der Waals surface area contributed by atoms with Crippen LogP contribution in [0.4, 0.5) is 0 Å². The van der Waals surface area contributed by atoms with E-state index in [9.17, 15) is 9.59 Å². The number of fused-ring (bicyclic) bond motifs is 4. The van der Waals surface area contributed by atoms with Gasteiger partial charge in [-0.25, -0.2) is 0 Å². The third-order valence-corrected chi connectivity index (χ3v) is 6.93. The van der Waals surface area contributed by atoms with E-state index in [2.05, 4.69) is 6.07 Å². The van der Waals surface area contributed by atoms with E-state index < -0.39 is 5.92 Å². The Labute approximate surface area is 199 Å². The Morgan fingerprint density at radius 3 is 2.38 bits per heavy atom. The van der Waals surface area contributed by atoms with Gasteiger partial charge in [-0.05, 0) is 40.8 Å². The second-order valence-corrected chi connectivity index (χ2v) is 8.84. The second kappa shape index (κ2) is 8.86. The highest BCUT2D eigenvalue weighted by Gasteiger charge is 2.47. The molecule has 0 aromatic heterocycles. The van der Waals surface area contributed by atoms with Gasteiger partial charge in [0.15, 0.2) is 11.5 Å². The fraction of sp³-hybridized carbons (Fsp3) is 0.286. The van der Waals surface area contributed by atoms with Gasteiger partial charge in [0.25, 0.3) is 5.91 Å². The maximum absolute atomic E-state index is 14.1. The summed E-state index contributed by atoms with van der Waals surface area (Å²) >= 11 is 0. The number of likely N-dealkylation sites (N-methyl/N-ethyl adjacent to an activating group) is 1. The highest BCUT2D eigenvalue weighted by molar-refractivity contribution is 6.02. The number of carbonyl (C=O) groups excluding carboxylic acids is 2. The lowest BCUT2D eigenvalue weighted by molar-refractivity contribution is -0.134. The van der Waals surface area contributed by atoms with Crippen molar-refractivity contribution in [3.05, 3.63) is 94.5 Å². The van der Waals surface area contributed by atoms with Crippen LogP contribution in [-0.2, 0) is 17.8 Å². The SMILES string of the molecule is COc1cc2c(cc1OC)[C@H](C(=O)N(C)Cc1ccccc1)[C@@H]1c3ccccc3CCN1C2=O. The highest BCUT2D eigenvalue weighted by atomic mass is 16.5. The van der Waals surface area contributed by atoms with Gasteiger partial charge in [0.2, 0.25) is 5.91 Å². The Balaban J connectivity index is 1.65. The van der Waals surface area contributed by atoms with Gasteiger partial charge in [0.1, 0.15) is 0 Å². The molecule has 0 N–H and O–H groups in total. The average molecular weight is 457 g/mol. The maximum Gasteiger partial charge on any atom is 0.254 e. The van der Waals surface area contributed by atoms with Crippen molar-refractivity contribution in [3.63, 3.8) is 0 Å². The summed E-state index contributed by atoms with van der Waals surface area (Å²) in [6.07, 6.45) is 0.766. The molecule has 0 spiro atoms. The number of hydrogen-bond donors (Lipinski definition) is 0. The van der Waals surface area contributed by atoms with E-state index in [1.54, 1.807) is 31.3 Å². The Morgan fingerprint density at radius 1 is 0.971 bits per heavy atom. The molecule has 174 valence electrons. The minimum atomic E-state index is -0.553. The summed E-state index contributed by atoms with van der Waals surface area (Å²) in [6.45, 7) is 1.06. The fourth-order valence-electron chi connectivity index (χ4n) is 5.29. The smallest absolute Gasteiger partial charge is 0.254 e. The monoisotopic (exact) mass is 456 g/mol. The zero-order valence-electron chi connectivity index (χ0n) is 19.7. The minimum Gasteiger partial charge on any atom is -0.493 e. The number of ether oxygens (including phenoxy) is 2. The van der Waals surface area contributed by atoms with E-state index in [0.717, 1.165) is 17.5 Å². The van der Waals surface area contributed by atoms with Gasteiger partial charge in [-0.1, -0.05) is 54.6 Å². The molecule has 0 bridgehead atoms.